The maximum atomic E-state index is 13.3. The van der Waals surface area contributed by atoms with Crippen LogP contribution in [0.2, 0.25) is 0 Å². The lowest BCUT2D eigenvalue weighted by molar-refractivity contribution is -0.143. The zero-order valence-electron chi connectivity index (χ0n) is 16.4. The Morgan fingerprint density at radius 2 is 2.24 bits per heavy atom. The number of nitrogens with zero attached hydrogens (tertiary/aromatic N) is 3. The monoisotopic (exact) mass is 393 g/mol. The van der Waals surface area contributed by atoms with E-state index in [0.29, 0.717) is 25.3 Å². The van der Waals surface area contributed by atoms with Gasteiger partial charge in [0.2, 0.25) is 11.8 Å². The fourth-order valence-electron chi connectivity index (χ4n) is 4.92. The molecule has 2 fully saturated rings. The maximum Gasteiger partial charge on any atom is 0.230 e. The molecule has 2 amide bonds. The van der Waals surface area contributed by atoms with Crippen LogP contribution >= 0.6 is 0 Å². The topological polar surface area (TPSA) is 75.9 Å². The summed E-state index contributed by atoms with van der Waals surface area (Å²) in [7, 11) is 1.73. The Morgan fingerprint density at radius 3 is 3.00 bits per heavy atom. The maximum absolute atomic E-state index is 13.3. The summed E-state index contributed by atoms with van der Waals surface area (Å²) in [5, 5.41) is 3.87. The highest BCUT2D eigenvalue weighted by Gasteiger charge is 2.67. The van der Waals surface area contributed by atoms with Crippen LogP contribution in [0.25, 0.3) is 0 Å². The van der Waals surface area contributed by atoms with E-state index in [0.717, 1.165) is 11.1 Å². The van der Waals surface area contributed by atoms with Crippen molar-refractivity contribution in [1.29, 1.82) is 0 Å². The van der Waals surface area contributed by atoms with E-state index < -0.39 is 17.4 Å². The number of hydrogen-bond donors (Lipinski definition) is 0. The van der Waals surface area contributed by atoms with Crippen molar-refractivity contribution in [1.82, 2.24) is 15.0 Å². The molecule has 5 rings (SSSR count). The van der Waals surface area contributed by atoms with Crippen molar-refractivity contribution in [2.75, 3.05) is 13.6 Å². The summed E-state index contributed by atoms with van der Waals surface area (Å²) in [5.74, 6) is -1.09. The van der Waals surface area contributed by atoms with E-state index in [2.05, 4.69) is 11.2 Å². The summed E-state index contributed by atoms with van der Waals surface area (Å²) < 4.78 is 11.1. The lowest BCUT2D eigenvalue weighted by atomic mass is 9.76. The molecule has 0 radical (unpaired) electrons. The molecular weight excluding hydrogens is 370 g/mol. The van der Waals surface area contributed by atoms with Crippen molar-refractivity contribution in [2.24, 2.45) is 11.8 Å². The molecule has 4 heterocycles. The van der Waals surface area contributed by atoms with Crippen LogP contribution in [0.5, 0.6) is 0 Å². The minimum atomic E-state index is -0.694. The van der Waals surface area contributed by atoms with Crippen LogP contribution in [-0.2, 0) is 27.4 Å². The van der Waals surface area contributed by atoms with Crippen LogP contribution in [0.15, 0.2) is 53.3 Å². The molecule has 1 spiro atoms. The SMILES string of the molecule is Cc1cccc(CN2C[C@@]34C=C[C@@H](O3)C(C(=O)N(C)Cc3ccon3)C4C2=O)c1. The summed E-state index contributed by atoms with van der Waals surface area (Å²) in [5.41, 5.74) is 2.22. The second-order valence-corrected chi connectivity index (χ2v) is 8.27. The minimum Gasteiger partial charge on any atom is -0.364 e. The third-order valence-electron chi connectivity index (χ3n) is 6.19. The van der Waals surface area contributed by atoms with Crippen molar-refractivity contribution >= 4 is 11.8 Å². The van der Waals surface area contributed by atoms with Crippen molar-refractivity contribution in [3.05, 3.63) is 65.6 Å². The first-order valence-corrected chi connectivity index (χ1v) is 9.83. The Kier molecular flexibility index (Phi) is 4.10. The molecule has 2 aromatic rings. The average molecular weight is 393 g/mol. The molecule has 0 saturated carbocycles. The molecule has 3 aliphatic heterocycles. The largest absolute Gasteiger partial charge is 0.364 e. The number of aryl methyl sites for hydroxylation is 1. The Labute approximate surface area is 168 Å². The van der Waals surface area contributed by atoms with Crippen molar-refractivity contribution < 1.29 is 18.8 Å². The van der Waals surface area contributed by atoms with Gasteiger partial charge in [0.05, 0.1) is 31.0 Å². The van der Waals surface area contributed by atoms with Crippen LogP contribution in [-0.4, -0.2) is 52.1 Å². The van der Waals surface area contributed by atoms with Gasteiger partial charge < -0.3 is 19.1 Å². The van der Waals surface area contributed by atoms with Crippen LogP contribution in [0.1, 0.15) is 16.8 Å². The van der Waals surface area contributed by atoms with Crippen LogP contribution < -0.4 is 0 Å². The number of amides is 2. The third kappa shape index (κ3) is 2.88. The predicted molar refractivity (Wildman–Crippen MR) is 103 cm³/mol. The average Bonchev–Trinajstić information content (AvgIpc) is 3.45. The molecule has 2 bridgehead atoms. The van der Waals surface area contributed by atoms with Crippen LogP contribution in [0.3, 0.4) is 0 Å². The number of aromatic nitrogens is 1. The number of carbonyl (C=O) groups excluding carboxylic acids is 2. The van der Waals surface area contributed by atoms with E-state index >= 15 is 0 Å². The Morgan fingerprint density at radius 1 is 1.38 bits per heavy atom. The fraction of sp³-hybridized carbons (Fsp3) is 0.409. The normalized spacial score (nSPS) is 29.5. The van der Waals surface area contributed by atoms with Gasteiger partial charge in [0.15, 0.2) is 0 Å². The molecule has 150 valence electrons. The highest BCUT2D eigenvalue weighted by Crippen LogP contribution is 2.52. The number of likely N-dealkylation sites (tertiary alicyclic amines) is 1. The summed E-state index contributed by atoms with van der Waals surface area (Å²) in [6, 6.07) is 9.87. The molecule has 0 aliphatic carbocycles. The fourth-order valence-corrected chi connectivity index (χ4v) is 4.92. The predicted octanol–water partition coefficient (Wildman–Crippen LogP) is 1.92. The number of rotatable bonds is 5. The number of carbonyl (C=O) groups is 2. The Bertz CT molecular complexity index is 986. The molecule has 1 aromatic carbocycles. The molecule has 3 aliphatic rings. The summed E-state index contributed by atoms with van der Waals surface area (Å²) in [4.78, 5) is 30.0. The summed E-state index contributed by atoms with van der Waals surface area (Å²) in [6.07, 6.45) is 5.05. The number of hydrogen-bond acceptors (Lipinski definition) is 5. The van der Waals surface area contributed by atoms with Gasteiger partial charge in [0, 0.05) is 19.7 Å². The Hall–Kier alpha value is -2.93. The van der Waals surface area contributed by atoms with Crippen molar-refractivity contribution in [3.8, 4) is 0 Å². The molecule has 7 heteroatoms. The first-order valence-electron chi connectivity index (χ1n) is 9.83. The molecule has 1 aromatic heterocycles. The molecule has 2 saturated heterocycles. The lowest BCUT2D eigenvalue weighted by Gasteiger charge is -2.27. The summed E-state index contributed by atoms with van der Waals surface area (Å²) in [6.45, 7) is 3.38. The number of fused-ring (bicyclic) bond motifs is 1. The van der Waals surface area contributed by atoms with E-state index in [9.17, 15) is 9.59 Å². The summed E-state index contributed by atoms with van der Waals surface area (Å²) >= 11 is 0. The van der Waals surface area contributed by atoms with Crippen LogP contribution in [0, 0.1) is 18.8 Å². The van der Waals surface area contributed by atoms with E-state index in [-0.39, 0.29) is 17.9 Å². The van der Waals surface area contributed by atoms with Gasteiger partial charge in [-0.15, -0.1) is 0 Å². The quantitative estimate of drug-likeness (QED) is 0.726. The molecule has 29 heavy (non-hydrogen) atoms. The number of ether oxygens (including phenoxy) is 1. The third-order valence-corrected chi connectivity index (χ3v) is 6.19. The van der Waals surface area contributed by atoms with Crippen molar-refractivity contribution in [3.63, 3.8) is 0 Å². The van der Waals surface area contributed by atoms with E-state index in [1.54, 1.807) is 18.0 Å². The first-order chi connectivity index (χ1) is 14.0. The van der Waals surface area contributed by atoms with Crippen LogP contribution in [0.4, 0.5) is 0 Å². The van der Waals surface area contributed by atoms with E-state index in [1.165, 1.54) is 6.26 Å². The van der Waals surface area contributed by atoms with Gasteiger partial charge in [-0.2, -0.15) is 0 Å². The molecular formula is C22H23N3O4. The molecule has 4 atom stereocenters. The van der Waals surface area contributed by atoms with Gasteiger partial charge in [0.1, 0.15) is 17.6 Å². The van der Waals surface area contributed by atoms with Gasteiger partial charge in [-0.1, -0.05) is 47.1 Å². The van der Waals surface area contributed by atoms with E-state index in [1.807, 2.05) is 42.2 Å². The van der Waals surface area contributed by atoms with Gasteiger partial charge in [-0.25, -0.2) is 0 Å². The minimum absolute atomic E-state index is 0.00783. The standard InChI is InChI=1S/C22H23N3O4/c1-14-4-3-5-15(10-14)11-25-13-22-8-6-17(29-22)18(19(22)21(25)27)20(26)24(2)12-16-7-9-28-23-16/h3-10,17-19H,11-13H2,1-2H3/t17-,18?,19?,22-/m1/s1. The zero-order chi connectivity index (χ0) is 20.2. The highest BCUT2D eigenvalue weighted by molar-refractivity contribution is 5.93. The second kappa shape index (κ2) is 6.56. The molecule has 7 nitrogen and oxygen atoms in total. The highest BCUT2D eigenvalue weighted by atomic mass is 16.5. The lowest BCUT2D eigenvalue weighted by Crippen LogP contribution is -2.44. The second-order valence-electron chi connectivity index (χ2n) is 8.27. The zero-order valence-corrected chi connectivity index (χ0v) is 16.4. The molecule has 0 N–H and O–H groups in total. The van der Waals surface area contributed by atoms with E-state index in [4.69, 9.17) is 9.26 Å². The number of benzene rings is 1. The van der Waals surface area contributed by atoms with Gasteiger partial charge in [-0.05, 0) is 12.5 Å². The van der Waals surface area contributed by atoms with Gasteiger partial charge in [-0.3, -0.25) is 9.59 Å². The Balaban J connectivity index is 1.37. The van der Waals surface area contributed by atoms with Gasteiger partial charge >= 0.3 is 0 Å². The first kappa shape index (κ1) is 18.1. The smallest absolute Gasteiger partial charge is 0.230 e. The molecule has 2 unspecified atom stereocenters. The van der Waals surface area contributed by atoms with Gasteiger partial charge in [0.25, 0.3) is 0 Å². The van der Waals surface area contributed by atoms with Crippen molar-refractivity contribution in [2.45, 2.75) is 31.7 Å².